The predicted molar refractivity (Wildman–Crippen MR) is 62.5 cm³/mol. The molecule has 1 aliphatic rings. The lowest BCUT2D eigenvalue weighted by atomic mass is 9.94. The minimum atomic E-state index is -0.716. The van der Waals surface area contributed by atoms with E-state index in [1.807, 2.05) is 6.92 Å². The highest BCUT2D eigenvalue weighted by Crippen LogP contribution is 2.33. The van der Waals surface area contributed by atoms with Crippen molar-refractivity contribution in [3.63, 3.8) is 0 Å². The lowest BCUT2D eigenvalue weighted by molar-refractivity contribution is -0.151. The summed E-state index contributed by atoms with van der Waals surface area (Å²) in [6.07, 6.45) is 1.69. The molecule has 1 aliphatic heterocycles. The zero-order valence-corrected chi connectivity index (χ0v) is 10.7. The van der Waals surface area contributed by atoms with E-state index < -0.39 is 11.5 Å². The summed E-state index contributed by atoms with van der Waals surface area (Å²) in [6, 6.07) is 0.189. The van der Waals surface area contributed by atoms with Crippen LogP contribution in [-0.4, -0.2) is 47.8 Å². The summed E-state index contributed by atoms with van der Waals surface area (Å²) in [5.74, 6) is -0.316. The van der Waals surface area contributed by atoms with Gasteiger partial charge < -0.3 is 9.84 Å². The Morgan fingerprint density at radius 1 is 1.56 bits per heavy atom. The molecule has 1 heterocycles. The van der Waals surface area contributed by atoms with Crippen LogP contribution in [0.15, 0.2) is 0 Å². The lowest BCUT2D eigenvalue weighted by Gasteiger charge is -2.39. The van der Waals surface area contributed by atoms with Gasteiger partial charge in [0.2, 0.25) is 0 Å². The van der Waals surface area contributed by atoms with Crippen molar-refractivity contribution in [3.05, 3.63) is 0 Å². The van der Waals surface area contributed by atoms with Crippen molar-refractivity contribution in [2.75, 3.05) is 20.3 Å². The van der Waals surface area contributed by atoms with Gasteiger partial charge in [-0.3, -0.25) is 9.69 Å². The molecule has 0 spiro atoms. The SMILES string of the molecule is COCC(C(C)C)N1CCCC1(C)C(=O)O. The van der Waals surface area contributed by atoms with Crippen LogP contribution in [0.4, 0.5) is 0 Å². The Hall–Kier alpha value is -0.610. The number of carbonyl (C=O) groups is 1. The van der Waals surface area contributed by atoms with Crippen LogP contribution in [-0.2, 0) is 9.53 Å². The van der Waals surface area contributed by atoms with Crippen LogP contribution in [0.3, 0.4) is 0 Å². The van der Waals surface area contributed by atoms with Crippen molar-refractivity contribution < 1.29 is 14.6 Å². The lowest BCUT2D eigenvalue weighted by Crippen LogP contribution is -2.55. The van der Waals surface area contributed by atoms with Crippen LogP contribution in [0.1, 0.15) is 33.6 Å². The molecular weight excluding hydrogens is 206 g/mol. The molecule has 1 saturated heterocycles. The third-order valence-electron chi connectivity index (χ3n) is 3.66. The highest BCUT2D eigenvalue weighted by atomic mass is 16.5. The number of carboxylic acids is 1. The molecule has 4 nitrogen and oxygen atoms in total. The molecule has 4 heteroatoms. The Labute approximate surface area is 97.6 Å². The number of carboxylic acid groups (broad SMARTS) is 1. The Bertz CT molecular complexity index is 255. The van der Waals surface area contributed by atoms with Crippen LogP contribution in [0.5, 0.6) is 0 Å². The molecule has 0 aromatic rings. The van der Waals surface area contributed by atoms with Crippen molar-refractivity contribution in [3.8, 4) is 0 Å². The van der Waals surface area contributed by atoms with Crippen molar-refractivity contribution in [2.24, 2.45) is 5.92 Å². The predicted octanol–water partition coefficient (Wildman–Crippen LogP) is 1.60. The molecule has 0 aliphatic carbocycles. The van der Waals surface area contributed by atoms with E-state index in [1.54, 1.807) is 7.11 Å². The van der Waals surface area contributed by atoms with E-state index >= 15 is 0 Å². The number of nitrogens with zero attached hydrogens (tertiary/aromatic N) is 1. The van der Waals surface area contributed by atoms with Gasteiger partial charge in [0.15, 0.2) is 0 Å². The van der Waals surface area contributed by atoms with E-state index in [9.17, 15) is 9.90 Å². The number of likely N-dealkylation sites (tertiary alicyclic amines) is 1. The van der Waals surface area contributed by atoms with Gasteiger partial charge in [-0.05, 0) is 32.2 Å². The van der Waals surface area contributed by atoms with Crippen LogP contribution < -0.4 is 0 Å². The molecule has 16 heavy (non-hydrogen) atoms. The first kappa shape index (κ1) is 13.5. The van der Waals surface area contributed by atoms with Crippen LogP contribution >= 0.6 is 0 Å². The fraction of sp³-hybridized carbons (Fsp3) is 0.917. The van der Waals surface area contributed by atoms with E-state index in [-0.39, 0.29) is 6.04 Å². The standard InChI is InChI=1S/C12H23NO3/c1-9(2)10(8-16-4)13-7-5-6-12(13,3)11(14)15/h9-10H,5-8H2,1-4H3,(H,14,15). The average Bonchev–Trinajstić information content (AvgIpc) is 2.57. The molecule has 94 valence electrons. The Morgan fingerprint density at radius 3 is 2.62 bits per heavy atom. The maximum absolute atomic E-state index is 11.4. The molecule has 0 aromatic carbocycles. The number of hydrogen-bond donors (Lipinski definition) is 1. The molecule has 1 N–H and O–H groups in total. The largest absolute Gasteiger partial charge is 0.480 e. The quantitative estimate of drug-likeness (QED) is 0.778. The first-order valence-electron chi connectivity index (χ1n) is 5.92. The van der Waals surface area contributed by atoms with Crippen molar-refractivity contribution >= 4 is 5.97 Å². The summed E-state index contributed by atoms with van der Waals surface area (Å²) in [6.45, 7) is 7.51. The highest BCUT2D eigenvalue weighted by molar-refractivity contribution is 5.78. The molecule has 1 rings (SSSR count). The Morgan fingerprint density at radius 2 is 2.19 bits per heavy atom. The smallest absolute Gasteiger partial charge is 0.323 e. The third-order valence-corrected chi connectivity index (χ3v) is 3.66. The topological polar surface area (TPSA) is 49.8 Å². The van der Waals surface area contributed by atoms with E-state index in [0.717, 1.165) is 19.4 Å². The molecule has 0 bridgehead atoms. The molecule has 0 radical (unpaired) electrons. The summed E-state index contributed by atoms with van der Waals surface area (Å²) in [7, 11) is 1.67. The van der Waals surface area contributed by atoms with E-state index in [1.165, 1.54) is 0 Å². The molecule has 2 unspecified atom stereocenters. The fourth-order valence-corrected chi connectivity index (χ4v) is 2.56. The average molecular weight is 229 g/mol. The first-order chi connectivity index (χ1) is 7.43. The molecule has 0 amide bonds. The normalized spacial score (nSPS) is 28.6. The second-order valence-electron chi connectivity index (χ2n) is 5.14. The van der Waals surface area contributed by atoms with Crippen LogP contribution in [0.2, 0.25) is 0 Å². The zero-order valence-electron chi connectivity index (χ0n) is 10.7. The Kier molecular flexibility index (Phi) is 4.33. The van der Waals surface area contributed by atoms with Crippen molar-refractivity contribution in [1.29, 1.82) is 0 Å². The van der Waals surface area contributed by atoms with Crippen molar-refractivity contribution in [1.82, 2.24) is 4.90 Å². The summed E-state index contributed by atoms with van der Waals surface area (Å²) >= 11 is 0. The number of ether oxygens (including phenoxy) is 1. The van der Waals surface area contributed by atoms with Gasteiger partial charge in [-0.1, -0.05) is 13.8 Å². The number of rotatable bonds is 5. The van der Waals surface area contributed by atoms with Gasteiger partial charge in [0.25, 0.3) is 0 Å². The van der Waals surface area contributed by atoms with Gasteiger partial charge >= 0.3 is 5.97 Å². The van der Waals surface area contributed by atoms with E-state index in [2.05, 4.69) is 18.7 Å². The van der Waals surface area contributed by atoms with Gasteiger partial charge in [0.05, 0.1) is 6.61 Å². The second kappa shape index (κ2) is 5.15. The molecule has 2 atom stereocenters. The third kappa shape index (κ3) is 2.38. The minimum absolute atomic E-state index is 0.189. The minimum Gasteiger partial charge on any atom is -0.480 e. The van der Waals surface area contributed by atoms with Gasteiger partial charge in [-0.25, -0.2) is 0 Å². The first-order valence-corrected chi connectivity index (χ1v) is 5.92. The number of aliphatic carboxylic acids is 1. The van der Waals surface area contributed by atoms with E-state index in [0.29, 0.717) is 12.5 Å². The number of methoxy groups -OCH3 is 1. The molecule has 1 fully saturated rings. The summed E-state index contributed by atoms with van der Waals surface area (Å²) in [5, 5.41) is 9.36. The van der Waals surface area contributed by atoms with Gasteiger partial charge in [-0.2, -0.15) is 0 Å². The highest BCUT2D eigenvalue weighted by Gasteiger charge is 2.46. The maximum atomic E-state index is 11.4. The number of hydrogen-bond acceptors (Lipinski definition) is 3. The maximum Gasteiger partial charge on any atom is 0.323 e. The fourth-order valence-electron chi connectivity index (χ4n) is 2.56. The van der Waals surface area contributed by atoms with Crippen molar-refractivity contribution in [2.45, 2.75) is 45.2 Å². The summed E-state index contributed by atoms with van der Waals surface area (Å²) < 4.78 is 5.22. The molecular formula is C12H23NO3. The van der Waals surface area contributed by atoms with Gasteiger partial charge in [0.1, 0.15) is 5.54 Å². The second-order valence-corrected chi connectivity index (χ2v) is 5.14. The Balaban J connectivity index is 2.87. The molecule has 0 aromatic heterocycles. The van der Waals surface area contributed by atoms with Crippen LogP contribution in [0, 0.1) is 5.92 Å². The summed E-state index contributed by atoms with van der Waals surface area (Å²) in [5.41, 5.74) is -0.715. The summed E-state index contributed by atoms with van der Waals surface area (Å²) in [4.78, 5) is 13.5. The zero-order chi connectivity index (χ0) is 12.3. The molecule has 0 saturated carbocycles. The van der Waals surface area contributed by atoms with Gasteiger partial charge in [0, 0.05) is 13.2 Å². The van der Waals surface area contributed by atoms with Crippen LogP contribution in [0.25, 0.3) is 0 Å². The van der Waals surface area contributed by atoms with E-state index in [4.69, 9.17) is 4.74 Å². The van der Waals surface area contributed by atoms with Gasteiger partial charge in [-0.15, -0.1) is 0 Å². The monoisotopic (exact) mass is 229 g/mol.